The maximum atomic E-state index is 4.37. The summed E-state index contributed by atoms with van der Waals surface area (Å²) in [5.41, 5.74) is 0.434. The molecule has 2 N–H and O–H groups in total. The average molecular weight is 234 g/mol. The summed E-state index contributed by atoms with van der Waals surface area (Å²) in [4.78, 5) is 8.48. The van der Waals surface area contributed by atoms with E-state index >= 15 is 0 Å². The normalized spacial score (nSPS) is 18.7. The summed E-state index contributed by atoms with van der Waals surface area (Å²) in [5.74, 6) is 1.58. The molecule has 0 unspecified atom stereocenters. The predicted molar refractivity (Wildman–Crippen MR) is 71.3 cm³/mol. The second-order valence-electron chi connectivity index (χ2n) is 5.24. The fourth-order valence-electron chi connectivity index (χ4n) is 2.46. The lowest BCUT2D eigenvalue weighted by Crippen LogP contribution is -2.29. The molecule has 0 aromatic carbocycles. The molecule has 4 heteroatoms. The van der Waals surface area contributed by atoms with Gasteiger partial charge >= 0.3 is 0 Å². The van der Waals surface area contributed by atoms with E-state index in [1.807, 2.05) is 13.1 Å². The van der Waals surface area contributed by atoms with Crippen LogP contribution in [0.25, 0.3) is 0 Å². The monoisotopic (exact) mass is 234 g/mol. The number of nitrogens with zero attached hydrogens (tertiary/aromatic N) is 2. The Morgan fingerprint density at radius 1 is 1.29 bits per heavy atom. The molecule has 0 aliphatic heterocycles. The topological polar surface area (TPSA) is 49.8 Å². The number of rotatable bonds is 4. The Balaban J connectivity index is 1.92. The summed E-state index contributed by atoms with van der Waals surface area (Å²) in [6.45, 7) is 3.38. The zero-order valence-electron chi connectivity index (χ0n) is 10.8. The van der Waals surface area contributed by atoms with Gasteiger partial charge in [-0.1, -0.05) is 26.2 Å². The minimum atomic E-state index is 0.434. The summed E-state index contributed by atoms with van der Waals surface area (Å²) in [6, 6.07) is 1.92. The van der Waals surface area contributed by atoms with Gasteiger partial charge in [0.1, 0.15) is 5.82 Å². The van der Waals surface area contributed by atoms with Gasteiger partial charge in [0.15, 0.2) is 0 Å². The smallest absolute Gasteiger partial charge is 0.224 e. The molecule has 1 aromatic heterocycles. The highest BCUT2D eigenvalue weighted by atomic mass is 15.1. The molecule has 1 heterocycles. The van der Waals surface area contributed by atoms with E-state index in [0.29, 0.717) is 11.4 Å². The van der Waals surface area contributed by atoms with Gasteiger partial charge in [-0.25, -0.2) is 4.98 Å². The Morgan fingerprint density at radius 2 is 2.06 bits per heavy atom. The first-order chi connectivity index (χ1) is 8.22. The quantitative estimate of drug-likeness (QED) is 0.841. The van der Waals surface area contributed by atoms with Gasteiger partial charge in [-0.05, 0) is 24.3 Å². The molecule has 17 heavy (non-hydrogen) atoms. The van der Waals surface area contributed by atoms with Crippen LogP contribution >= 0.6 is 0 Å². The summed E-state index contributed by atoms with van der Waals surface area (Å²) >= 11 is 0. The van der Waals surface area contributed by atoms with Crippen LogP contribution in [0.5, 0.6) is 0 Å². The third kappa shape index (κ3) is 3.32. The maximum Gasteiger partial charge on any atom is 0.224 e. The molecule has 1 aliphatic rings. The molecule has 1 aliphatic carbocycles. The van der Waals surface area contributed by atoms with E-state index in [1.165, 1.54) is 32.1 Å². The molecule has 2 rings (SSSR count). The lowest BCUT2D eigenvalue weighted by Gasteiger charge is -2.33. The van der Waals surface area contributed by atoms with Crippen LogP contribution in [-0.4, -0.2) is 23.6 Å². The van der Waals surface area contributed by atoms with Gasteiger partial charge in [0.25, 0.3) is 0 Å². The van der Waals surface area contributed by atoms with E-state index in [-0.39, 0.29) is 0 Å². The average Bonchev–Trinajstić information content (AvgIpc) is 2.38. The van der Waals surface area contributed by atoms with Gasteiger partial charge in [-0.15, -0.1) is 0 Å². The van der Waals surface area contributed by atoms with E-state index in [9.17, 15) is 0 Å². The minimum Gasteiger partial charge on any atom is -0.369 e. The molecular weight excluding hydrogens is 212 g/mol. The predicted octanol–water partition coefficient (Wildman–Crippen LogP) is 2.90. The van der Waals surface area contributed by atoms with Crippen LogP contribution in [0, 0.1) is 5.41 Å². The van der Waals surface area contributed by atoms with Gasteiger partial charge in [0, 0.05) is 19.8 Å². The van der Waals surface area contributed by atoms with Crippen molar-refractivity contribution < 1.29 is 0 Å². The maximum absolute atomic E-state index is 4.37. The van der Waals surface area contributed by atoms with Crippen molar-refractivity contribution in [2.24, 2.45) is 5.41 Å². The van der Waals surface area contributed by atoms with Crippen molar-refractivity contribution in [3.63, 3.8) is 0 Å². The highest BCUT2D eigenvalue weighted by Gasteiger charge is 2.26. The van der Waals surface area contributed by atoms with Gasteiger partial charge in [0.2, 0.25) is 5.95 Å². The third-order valence-corrected chi connectivity index (χ3v) is 3.64. The molecule has 0 bridgehead atoms. The number of aromatic nitrogens is 2. The Kier molecular flexibility index (Phi) is 3.82. The largest absolute Gasteiger partial charge is 0.369 e. The van der Waals surface area contributed by atoms with Crippen LogP contribution in [-0.2, 0) is 0 Å². The molecule has 0 saturated heterocycles. The lowest BCUT2D eigenvalue weighted by atomic mass is 9.76. The molecule has 0 atom stereocenters. The first-order valence-corrected chi connectivity index (χ1v) is 6.47. The first kappa shape index (κ1) is 12.1. The third-order valence-electron chi connectivity index (χ3n) is 3.64. The molecule has 94 valence electrons. The van der Waals surface area contributed by atoms with Crippen LogP contribution in [0.3, 0.4) is 0 Å². The Hall–Kier alpha value is -1.32. The van der Waals surface area contributed by atoms with Crippen molar-refractivity contribution >= 4 is 11.8 Å². The molecule has 4 nitrogen and oxygen atoms in total. The zero-order chi connectivity index (χ0) is 12.1. The second kappa shape index (κ2) is 5.34. The van der Waals surface area contributed by atoms with Crippen LogP contribution in [0.2, 0.25) is 0 Å². The summed E-state index contributed by atoms with van der Waals surface area (Å²) in [7, 11) is 1.83. The van der Waals surface area contributed by atoms with Crippen LogP contribution in [0.1, 0.15) is 39.0 Å². The van der Waals surface area contributed by atoms with Crippen molar-refractivity contribution in [3.8, 4) is 0 Å². The van der Waals surface area contributed by atoms with E-state index in [4.69, 9.17) is 0 Å². The van der Waals surface area contributed by atoms with Gasteiger partial charge in [-0.3, -0.25) is 0 Å². The van der Waals surface area contributed by atoms with Crippen molar-refractivity contribution in [2.45, 2.75) is 39.0 Å². The van der Waals surface area contributed by atoms with Gasteiger partial charge in [-0.2, -0.15) is 4.98 Å². The lowest BCUT2D eigenvalue weighted by molar-refractivity contribution is 0.233. The van der Waals surface area contributed by atoms with Crippen molar-refractivity contribution in [1.82, 2.24) is 9.97 Å². The first-order valence-electron chi connectivity index (χ1n) is 6.47. The Labute approximate surface area is 103 Å². The number of hydrogen-bond donors (Lipinski definition) is 2. The van der Waals surface area contributed by atoms with E-state index in [1.54, 1.807) is 6.20 Å². The van der Waals surface area contributed by atoms with Crippen LogP contribution in [0.4, 0.5) is 11.8 Å². The van der Waals surface area contributed by atoms with E-state index in [2.05, 4.69) is 27.5 Å². The number of hydrogen-bond acceptors (Lipinski definition) is 4. The van der Waals surface area contributed by atoms with Crippen LogP contribution < -0.4 is 10.6 Å². The molecule has 0 radical (unpaired) electrons. The fourth-order valence-corrected chi connectivity index (χ4v) is 2.46. The van der Waals surface area contributed by atoms with E-state index in [0.717, 1.165) is 12.4 Å². The standard InChI is InChI=1S/C13H22N4/c1-13(7-4-3-5-8-13)10-16-11-6-9-15-12(14-2)17-11/h6,9H,3-5,7-8,10H2,1-2H3,(H2,14,15,16,17). The zero-order valence-corrected chi connectivity index (χ0v) is 10.8. The molecule has 1 saturated carbocycles. The Bertz CT molecular complexity index is 358. The SMILES string of the molecule is CNc1nccc(NCC2(C)CCCCC2)n1. The van der Waals surface area contributed by atoms with Gasteiger partial charge < -0.3 is 10.6 Å². The molecule has 0 amide bonds. The molecule has 1 fully saturated rings. The van der Waals surface area contributed by atoms with Crippen molar-refractivity contribution in [1.29, 1.82) is 0 Å². The summed E-state index contributed by atoms with van der Waals surface area (Å²) < 4.78 is 0. The Morgan fingerprint density at radius 3 is 2.76 bits per heavy atom. The van der Waals surface area contributed by atoms with Crippen molar-refractivity contribution in [3.05, 3.63) is 12.3 Å². The molecule has 0 spiro atoms. The highest BCUT2D eigenvalue weighted by Crippen LogP contribution is 2.35. The molecular formula is C13H22N4. The van der Waals surface area contributed by atoms with Gasteiger partial charge in [0.05, 0.1) is 0 Å². The minimum absolute atomic E-state index is 0.434. The second-order valence-corrected chi connectivity index (χ2v) is 5.24. The van der Waals surface area contributed by atoms with Crippen molar-refractivity contribution in [2.75, 3.05) is 24.2 Å². The van der Waals surface area contributed by atoms with Crippen LogP contribution in [0.15, 0.2) is 12.3 Å². The number of anilines is 2. The molecule has 1 aromatic rings. The summed E-state index contributed by atoms with van der Waals surface area (Å²) in [6.07, 6.45) is 8.55. The van der Waals surface area contributed by atoms with E-state index < -0.39 is 0 Å². The summed E-state index contributed by atoms with van der Waals surface area (Å²) in [5, 5.41) is 6.39. The highest BCUT2D eigenvalue weighted by molar-refractivity contribution is 5.39. The number of nitrogens with one attached hydrogen (secondary N) is 2. The fraction of sp³-hybridized carbons (Fsp3) is 0.692.